The average Bonchev–Trinajstić information content (AvgIpc) is 3.57. The second kappa shape index (κ2) is 8.79. The molecule has 3 fully saturated rings. The van der Waals surface area contributed by atoms with E-state index in [-0.39, 0.29) is 30.9 Å². The second-order valence-corrected chi connectivity index (χ2v) is 8.89. The van der Waals surface area contributed by atoms with Crippen LogP contribution < -0.4 is 14.8 Å². The van der Waals surface area contributed by atoms with Gasteiger partial charge in [-0.2, -0.15) is 0 Å². The summed E-state index contributed by atoms with van der Waals surface area (Å²) in [5, 5.41) is 15.3. The summed E-state index contributed by atoms with van der Waals surface area (Å²) < 4.78 is 30.7. The van der Waals surface area contributed by atoms with Crippen molar-refractivity contribution < 1.29 is 28.5 Å². The number of carbonyl (C=O) groups is 1. The molecule has 33 heavy (non-hydrogen) atoms. The highest BCUT2D eigenvalue weighted by Gasteiger charge is 2.51. The number of benzene rings is 1. The molecule has 2 aromatic rings. The van der Waals surface area contributed by atoms with Gasteiger partial charge in [0.05, 0.1) is 13.2 Å². The van der Waals surface area contributed by atoms with E-state index in [1.807, 2.05) is 18.2 Å². The number of hydrogen-bond acceptors (Lipinski definition) is 9. The van der Waals surface area contributed by atoms with Crippen molar-refractivity contribution in [2.75, 3.05) is 26.4 Å². The summed E-state index contributed by atoms with van der Waals surface area (Å²) in [7, 11) is 0. The van der Waals surface area contributed by atoms with Crippen LogP contribution in [0.5, 0.6) is 11.5 Å². The first kappa shape index (κ1) is 20.7. The number of rotatable bonds is 4. The lowest BCUT2D eigenvalue weighted by Crippen LogP contribution is -2.41. The van der Waals surface area contributed by atoms with Gasteiger partial charge < -0.3 is 29.0 Å². The van der Waals surface area contributed by atoms with Gasteiger partial charge in [-0.1, -0.05) is 19.3 Å². The lowest BCUT2D eigenvalue weighted by Gasteiger charge is -2.24. The van der Waals surface area contributed by atoms with Crippen molar-refractivity contribution >= 4 is 6.09 Å². The number of ether oxygens (including phenoxy) is 5. The molecule has 0 bridgehead atoms. The molecule has 0 spiro atoms. The van der Waals surface area contributed by atoms with Crippen molar-refractivity contribution in [2.45, 2.75) is 62.5 Å². The Morgan fingerprint density at radius 1 is 1.03 bits per heavy atom. The predicted octanol–water partition coefficient (Wildman–Crippen LogP) is 1.88. The Morgan fingerprint density at radius 2 is 1.85 bits per heavy atom. The third-order valence-electron chi connectivity index (χ3n) is 6.77. The van der Waals surface area contributed by atoms with Crippen LogP contribution in [0.2, 0.25) is 0 Å². The molecule has 1 aliphatic carbocycles. The number of carbonyl (C=O) groups excluding carboxylic acids is 1. The minimum atomic E-state index is -0.460. The van der Waals surface area contributed by atoms with E-state index >= 15 is 0 Å². The number of nitrogens with one attached hydrogen (secondary N) is 1. The van der Waals surface area contributed by atoms with E-state index in [1.165, 1.54) is 6.42 Å². The molecule has 4 atom stereocenters. The molecule has 1 amide bonds. The highest BCUT2D eigenvalue weighted by atomic mass is 16.6. The van der Waals surface area contributed by atoms with Crippen molar-refractivity contribution in [3.8, 4) is 22.9 Å². The average molecular weight is 457 g/mol. The van der Waals surface area contributed by atoms with Gasteiger partial charge in [0, 0.05) is 11.6 Å². The molecular weight excluding hydrogens is 430 g/mol. The van der Waals surface area contributed by atoms with Crippen LogP contribution >= 0.6 is 0 Å². The zero-order valence-corrected chi connectivity index (χ0v) is 18.2. The van der Waals surface area contributed by atoms with Crippen LogP contribution in [0.3, 0.4) is 0 Å². The highest BCUT2D eigenvalue weighted by Crippen LogP contribution is 2.38. The van der Waals surface area contributed by atoms with Gasteiger partial charge in [-0.05, 0) is 41.5 Å². The fraction of sp³-hybridized carbons (Fsp3) is 0.636. The first-order chi connectivity index (χ1) is 16.3. The minimum absolute atomic E-state index is 0.191. The number of tetrazole rings is 1. The number of alkyl carbamates (subject to hydrolysis) is 1. The predicted molar refractivity (Wildman–Crippen MR) is 113 cm³/mol. The van der Waals surface area contributed by atoms with Gasteiger partial charge in [-0.25, -0.2) is 9.48 Å². The molecule has 1 N–H and O–H groups in total. The zero-order chi connectivity index (χ0) is 22.2. The molecule has 1 aromatic heterocycles. The van der Waals surface area contributed by atoms with E-state index in [4.69, 9.17) is 23.7 Å². The maximum Gasteiger partial charge on any atom is 0.407 e. The zero-order valence-electron chi connectivity index (χ0n) is 18.2. The Kier molecular flexibility index (Phi) is 5.50. The lowest BCUT2D eigenvalue weighted by atomic mass is 9.96. The van der Waals surface area contributed by atoms with E-state index in [0.717, 1.165) is 31.2 Å². The van der Waals surface area contributed by atoms with Crippen LogP contribution in [0.1, 0.15) is 38.1 Å². The molecule has 176 valence electrons. The standard InChI is InChI=1S/C22H27N5O6/c28-22(23-14-4-2-1-3-5-14)33-18-12-32-19-15(11-31-20(18)19)27-21(24-25-26-27)13-6-7-16-17(10-13)30-9-8-29-16/h6-7,10,14-15,18-20H,1-5,8-9,11-12H2,(H,23,28)/t15-,18-,19-,20+/m1/s1. The first-order valence-corrected chi connectivity index (χ1v) is 11.6. The summed E-state index contributed by atoms with van der Waals surface area (Å²) in [5.41, 5.74) is 0.811. The third-order valence-corrected chi connectivity index (χ3v) is 6.77. The molecule has 2 saturated heterocycles. The highest BCUT2D eigenvalue weighted by molar-refractivity contribution is 5.68. The topological polar surface area (TPSA) is 119 Å². The van der Waals surface area contributed by atoms with Gasteiger partial charge in [0.25, 0.3) is 0 Å². The molecule has 0 unspecified atom stereocenters. The Hall–Kier alpha value is -2.92. The second-order valence-electron chi connectivity index (χ2n) is 8.89. The fourth-order valence-electron chi connectivity index (χ4n) is 5.13. The number of amides is 1. The molecular formula is C22H27N5O6. The number of nitrogens with zero attached hydrogens (tertiary/aromatic N) is 4. The molecule has 1 aromatic carbocycles. The van der Waals surface area contributed by atoms with Crippen LogP contribution in [0.15, 0.2) is 18.2 Å². The Labute approximate surface area is 190 Å². The number of aromatic nitrogens is 4. The van der Waals surface area contributed by atoms with E-state index in [1.54, 1.807) is 4.68 Å². The number of fused-ring (bicyclic) bond motifs is 2. The van der Waals surface area contributed by atoms with Crippen molar-refractivity contribution in [3.05, 3.63) is 18.2 Å². The van der Waals surface area contributed by atoms with Gasteiger partial charge in [0.15, 0.2) is 23.4 Å². The first-order valence-electron chi connectivity index (χ1n) is 11.6. The van der Waals surface area contributed by atoms with Crippen molar-refractivity contribution in [2.24, 2.45) is 0 Å². The van der Waals surface area contributed by atoms with Crippen LogP contribution in [-0.2, 0) is 14.2 Å². The summed E-state index contributed by atoms with van der Waals surface area (Å²) >= 11 is 0. The summed E-state index contributed by atoms with van der Waals surface area (Å²) in [5.74, 6) is 1.96. The lowest BCUT2D eigenvalue weighted by molar-refractivity contribution is 0.00174. The van der Waals surface area contributed by atoms with Crippen LogP contribution in [0, 0.1) is 0 Å². The quantitative estimate of drug-likeness (QED) is 0.734. The molecule has 11 nitrogen and oxygen atoms in total. The van der Waals surface area contributed by atoms with Gasteiger partial charge in [-0.15, -0.1) is 5.10 Å². The maximum atomic E-state index is 12.4. The van der Waals surface area contributed by atoms with Gasteiger partial charge in [-0.3, -0.25) is 0 Å². The van der Waals surface area contributed by atoms with E-state index in [2.05, 4.69) is 20.8 Å². The number of hydrogen-bond donors (Lipinski definition) is 1. The summed E-state index contributed by atoms with van der Waals surface area (Å²) in [6.45, 7) is 1.68. The monoisotopic (exact) mass is 457 g/mol. The summed E-state index contributed by atoms with van der Waals surface area (Å²) in [6.07, 6.45) is 4.00. The molecule has 4 aliphatic rings. The van der Waals surface area contributed by atoms with Crippen molar-refractivity contribution in [1.29, 1.82) is 0 Å². The van der Waals surface area contributed by atoms with E-state index in [0.29, 0.717) is 37.1 Å². The van der Waals surface area contributed by atoms with Gasteiger partial charge >= 0.3 is 6.09 Å². The van der Waals surface area contributed by atoms with E-state index < -0.39 is 12.2 Å². The largest absolute Gasteiger partial charge is 0.486 e. The SMILES string of the molecule is O=C(NC1CCCCC1)O[C@@H]1CO[C@H]2[C@H]1OC[C@H]2n1nnnc1-c1ccc2c(c1)OCCO2. The minimum Gasteiger partial charge on any atom is -0.486 e. The van der Waals surface area contributed by atoms with Gasteiger partial charge in [0.1, 0.15) is 31.5 Å². The molecule has 1 saturated carbocycles. The molecule has 0 radical (unpaired) electrons. The van der Waals surface area contributed by atoms with Gasteiger partial charge in [0.2, 0.25) is 0 Å². The summed E-state index contributed by atoms with van der Waals surface area (Å²) in [4.78, 5) is 12.4. The Morgan fingerprint density at radius 3 is 2.73 bits per heavy atom. The van der Waals surface area contributed by atoms with Crippen LogP contribution in [0.4, 0.5) is 4.79 Å². The summed E-state index contributed by atoms with van der Waals surface area (Å²) in [6, 6.07) is 5.60. The fourth-order valence-corrected chi connectivity index (χ4v) is 5.13. The third kappa shape index (κ3) is 3.99. The molecule has 11 heteroatoms. The Bertz CT molecular complexity index is 1010. The smallest absolute Gasteiger partial charge is 0.407 e. The van der Waals surface area contributed by atoms with Crippen LogP contribution in [0.25, 0.3) is 11.4 Å². The molecule has 4 heterocycles. The molecule has 3 aliphatic heterocycles. The maximum absolute atomic E-state index is 12.4. The van der Waals surface area contributed by atoms with E-state index in [9.17, 15) is 4.79 Å². The molecule has 6 rings (SSSR count). The Balaban J connectivity index is 1.14. The van der Waals surface area contributed by atoms with Crippen molar-refractivity contribution in [3.63, 3.8) is 0 Å². The normalized spacial score (nSPS) is 29.0. The van der Waals surface area contributed by atoms with Crippen LogP contribution in [-0.4, -0.2) is 77.1 Å². The van der Waals surface area contributed by atoms with Crippen molar-refractivity contribution in [1.82, 2.24) is 25.5 Å².